The van der Waals surface area contributed by atoms with Crippen molar-refractivity contribution in [2.45, 2.75) is 13.5 Å². The molecule has 0 aliphatic carbocycles. The van der Waals surface area contributed by atoms with E-state index in [0.717, 1.165) is 22.8 Å². The highest BCUT2D eigenvalue weighted by molar-refractivity contribution is 7.18. The molecule has 17 heavy (non-hydrogen) atoms. The molecule has 4 nitrogen and oxygen atoms in total. The van der Waals surface area contributed by atoms with Gasteiger partial charge in [0.25, 0.3) is 0 Å². The van der Waals surface area contributed by atoms with E-state index in [9.17, 15) is 0 Å². The minimum absolute atomic E-state index is 0.765. The van der Waals surface area contributed by atoms with E-state index in [-0.39, 0.29) is 0 Å². The van der Waals surface area contributed by atoms with Gasteiger partial charge in [0.05, 0.1) is 16.8 Å². The van der Waals surface area contributed by atoms with Crippen LogP contribution in [0, 0.1) is 6.92 Å². The topological polar surface area (TPSA) is 34.6 Å². The second-order valence-electron chi connectivity index (χ2n) is 4.09. The molecule has 0 amide bonds. The number of rotatable bonds is 2. The van der Waals surface area contributed by atoms with E-state index in [1.807, 2.05) is 49.5 Å². The lowest BCUT2D eigenvalue weighted by Gasteiger charge is -1.97. The summed E-state index contributed by atoms with van der Waals surface area (Å²) in [6.45, 7) is 2.80. The number of aryl methyl sites for hydroxylation is 2. The van der Waals surface area contributed by atoms with Gasteiger partial charge < -0.3 is 0 Å². The number of pyridine rings is 1. The van der Waals surface area contributed by atoms with Crippen LogP contribution in [-0.2, 0) is 13.6 Å². The van der Waals surface area contributed by atoms with Crippen molar-refractivity contribution >= 4 is 21.6 Å². The highest BCUT2D eigenvalue weighted by Gasteiger charge is 2.10. The SMILES string of the molecule is Cc1nc2c(Cn3cc[n+](C)c3)nccc2s1. The molecule has 0 saturated carbocycles. The zero-order chi connectivity index (χ0) is 11.8. The van der Waals surface area contributed by atoms with Gasteiger partial charge in [0.1, 0.15) is 30.1 Å². The normalized spacial score (nSPS) is 11.2. The molecule has 3 aromatic rings. The van der Waals surface area contributed by atoms with Gasteiger partial charge in [-0.25, -0.2) is 14.1 Å². The number of imidazole rings is 1. The van der Waals surface area contributed by atoms with E-state index in [2.05, 4.69) is 14.5 Å². The van der Waals surface area contributed by atoms with Crippen LogP contribution in [0.1, 0.15) is 10.7 Å². The van der Waals surface area contributed by atoms with Gasteiger partial charge in [-0.3, -0.25) is 4.98 Å². The van der Waals surface area contributed by atoms with Crippen LogP contribution in [0.4, 0.5) is 0 Å². The second-order valence-corrected chi connectivity index (χ2v) is 5.32. The van der Waals surface area contributed by atoms with Gasteiger partial charge in [0.15, 0.2) is 0 Å². The van der Waals surface area contributed by atoms with Crippen LogP contribution in [-0.4, -0.2) is 14.5 Å². The highest BCUT2D eigenvalue weighted by Crippen LogP contribution is 2.23. The number of aromatic nitrogens is 4. The van der Waals surface area contributed by atoms with Crippen LogP contribution < -0.4 is 4.57 Å². The number of hydrogen-bond acceptors (Lipinski definition) is 3. The van der Waals surface area contributed by atoms with E-state index in [4.69, 9.17) is 0 Å². The zero-order valence-electron chi connectivity index (χ0n) is 9.79. The minimum atomic E-state index is 0.765. The molecular formula is C12H13N4S+. The van der Waals surface area contributed by atoms with Crippen molar-refractivity contribution in [1.29, 1.82) is 0 Å². The summed E-state index contributed by atoms with van der Waals surface area (Å²) in [4.78, 5) is 8.99. The lowest BCUT2D eigenvalue weighted by molar-refractivity contribution is -0.671. The first kappa shape index (κ1) is 10.4. The monoisotopic (exact) mass is 245 g/mol. The van der Waals surface area contributed by atoms with Gasteiger partial charge in [-0.2, -0.15) is 0 Å². The van der Waals surface area contributed by atoms with Crippen molar-refractivity contribution in [3.8, 4) is 0 Å². The average molecular weight is 245 g/mol. The van der Waals surface area contributed by atoms with E-state index in [1.165, 1.54) is 4.70 Å². The molecule has 0 aliphatic heterocycles. The largest absolute Gasteiger partial charge is 0.255 e. The quantitative estimate of drug-likeness (QED) is 0.644. The van der Waals surface area contributed by atoms with E-state index in [0.29, 0.717) is 0 Å². The summed E-state index contributed by atoms with van der Waals surface area (Å²) in [5.74, 6) is 0. The Kier molecular flexibility index (Phi) is 2.40. The number of hydrogen-bond donors (Lipinski definition) is 0. The second kappa shape index (κ2) is 3.92. The van der Waals surface area contributed by atoms with Gasteiger partial charge in [-0.1, -0.05) is 0 Å². The fourth-order valence-electron chi connectivity index (χ4n) is 1.90. The molecule has 0 aliphatic rings. The average Bonchev–Trinajstić information content (AvgIpc) is 2.84. The molecule has 0 aromatic carbocycles. The minimum Gasteiger partial charge on any atom is -0.255 e. The Morgan fingerprint density at radius 1 is 1.47 bits per heavy atom. The Morgan fingerprint density at radius 3 is 3.12 bits per heavy atom. The molecule has 0 fully saturated rings. The van der Waals surface area contributed by atoms with Crippen LogP contribution in [0.2, 0.25) is 0 Å². The highest BCUT2D eigenvalue weighted by atomic mass is 32.1. The molecule has 0 bridgehead atoms. The van der Waals surface area contributed by atoms with Crippen LogP contribution >= 0.6 is 11.3 Å². The Hall–Kier alpha value is -1.75. The van der Waals surface area contributed by atoms with Crippen molar-refractivity contribution in [2.24, 2.45) is 7.05 Å². The summed E-state index contributed by atoms with van der Waals surface area (Å²) in [5.41, 5.74) is 2.06. The van der Waals surface area contributed by atoms with E-state index >= 15 is 0 Å². The van der Waals surface area contributed by atoms with Gasteiger partial charge in [-0.05, 0) is 13.0 Å². The van der Waals surface area contributed by atoms with Crippen molar-refractivity contribution in [3.63, 3.8) is 0 Å². The first-order chi connectivity index (χ1) is 8.22. The van der Waals surface area contributed by atoms with Crippen LogP contribution in [0.5, 0.6) is 0 Å². The first-order valence-electron chi connectivity index (χ1n) is 5.44. The van der Waals surface area contributed by atoms with Gasteiger partial charge in [0, 0.05) is 6.20 Å². The third kappa shape index (κ3) is 1.93. The predicted octanol–water partition coefficient (Wildman–Crippen LogP) is 1.67. The maximum absolute atomic E-state index is 4.55. The van der Waals surface area contributed by atoms with E-state index in [1.54, 1.807) is 11.3 Å². The number of fused-ring (bicyclic) bond motifs is 1. The molecule has 86 valence electrons. The van der Waals surface area contributed by atoms with Crippen molar-refractivity contribution in [1.82, 2.24) is 14.5 Å². The standard InChI is InChI=1S/C12H13N4S/c1-9-14-12-10(13-4-3-11(12)17-9)7-16-6-5-15(2)8-16/h3-6,8H,7H2,1-2H3/q+1. The lowest BCUT2D eigenvalue weighted by atomic mass is 10.3. The van der Waals surface area contributed by atoms with Crippen LogP contribution in [0.25, 0.3) is 10.2 Å². The van der Waals surface area contributed by atoms with Crippen LogP contribution in [0.3, 0.4) is 0 Å². The van der Waals surface area contributed by atoms with E-state index < -0.39 is 0 Å². The summed E-state index contributed by atoms with van der Waals surface area (Å²) in [6, 6.07) is 2.03. The van der Waals surface area contributed by atoms with Crippen molar-refractivity contribution in [3.05, 3.63) is 41.7 Å². The maximum Gasteiger partial charge on any atom is 0.243 e. The first-order valence-corrected chi connectivity index (χ1v) is 6.26. The molecule has 3 rings (SSSR count). The predicted molar refractivity (Wildman–Crippen MR) is 66.9 cm³/mol. The molecule has 3 heterocycles. The molecule has 3 aromatic heterocycles. The molecule has 0 spiro atoms. The van der Waals surface area contributed by atoms with Crippen molar-refractivity contribution in [2.75, 3.05) is 0 Å². The van der Waals surface area contributed by atoms with Crippen LogP contribution in [0.15, 0.2) is 31.0 Å². The zero-order valence-corrected chi connectivity index (χ0v) is 10.6. The molecule has 5 heteroatoms. The third-order valence-corrected chi connectivity index (χ3v) is 3.58. The Balaban J connectivity index is 2.05. The smallest absolute Gasteiger partial charge is 0.243 e. The molecular weight excluding hydrogens is 232 g/mol. The lowest BCUT2D eigenvalue weighted by Crippen LogP contribution is -2.23. The van der Waals surface area contributed by atoms with Gasteiger partial charge >= 0.3 is 0 Å². The molecule has 0 radical (unpaired) electrons. The summed E-state index contributed by atoms with van der Waals surface area (Å²) in [7, 11) is 2.01. The van der Waals surface area contributed by atoms with Gasteiger partial charge in [-0.15, -0.1) is 11.3 Å². The fourth-order valence-corrected chi connectivity index (χ4v) is 2.75. The van der Waals surface area contributed by atoms with Crippen molar-refractivity contribution < 1.29 is 4.57 Å². The summed E-state index contributed by atoms with van der Waals surface area (Å²) < 4.78 is 5.34. The Morgan fingerprint density at radius 2 is 2.35 bits per heavy atom. The molecule has 0 N–H and O–H groups in total. The maximum atomic E-state index is 4.55. The molecule has 0 unspecified atom stereocenters. The summed E-state index contributed by atoms with van der Waals surface area (Å²) >= 11 is 1.72. The summed E-state index contributed by atoms with van der Waals surface area (Å²) in [6.07, 6.45) is 7.96. The number of nitrogens with zero attached hydrogens (tertiary/aromatic N) is 4. The van der Waals surface area contributed by atoms with Gasteiger partial charge in [0.2, 0.25) is 6.33 Å². The number of thiazole rings is 1. The summed E-state index contributed by atoms with van der Waals surface area (Å²) in [5, 5.41) is 1.09. The molecule has 0 atom stereocenters. The third-order valence-electron chi connectivity index (χ3n) is 2.65. The fraction of sp³-hybridized carbons (Fsp3) is 0.250. The Bertz CT molecular complexity index is 668. The Labute approximate surface area is 103 Å². The molecule has 0 saturated heterocycles.